The highest BCUT2D eigenvalue weighted by Gasteiger charge is 2.14. The lowest BCUT2D eigenvalue weighted by Crippen LogP contribution is -2.32. The molecule has 1 aromatic carbocycles. The Kier molecular flexibility index (Phi) is 3.94. The minimum absolute atomic E-state index is 0.0632. The first-order valence-corrected chi connectivity index (χ1v) is 4.99. The van der Waals surface area contributed by atoms with Crippen molar-refractivity contribution < 1.29 is 15.0 Å². The lowest BCUT2D eigenvalue weighted by atomic mass is 10.1. The van der Waals surface area contributed by atoms with Crippen molar-refractivity contribution in [3.8, 4) is 11.5 Å². The van der Waals surface area contributed by atoms with E-state index in [0.29, 0.717) is 6.42 Å². The number of phenolic OH excluding ortho intramolecular Hbond substituents is 2. The normalized spacial score (nSPS) is 11.8. The zero-order valence-corrected chi connectivity index (χ0v) is 9.10. The zero-order valence-electron chi connectivity index (χ0n) is 9.10. The number of para-hydroxylation sites is 1. The van der Waals surface area contributed by atoms with Crippen LogP contribution >= 0.6 is 0 Å². The van der Waals surface area contributed by atoms with Gasteiger partial charge in [-0.1, -0.05) is 12.1 Å². The van der Waals surface area contributed by atoms with Gasteiger partial charge in [0.2, 0.25) is 0 Å². The van der Waals surface area contributed by atoms with Crippen LogP contribution in [0.15, 0.2) is 30.9 Å². The number of carbonyl (C=O) groups is 1. The van der Waals surface area contributed by atoms with Gasteiger partial charge in [0.1, 0.15) is 0 Å². The van der Waals surface area contributed by atoms with E-state index in [2.05, 4.69) is 11.9 Å². The fourth-order valence-corrected chi connectivity index (χ4v) is 1.33. The van der Waals surface area contributed by atoms with Gasteiger partial charge in [0, 0.05) is 6.04 Å². The molecule has 86 valence electrons. The van der Waals surface area contributed by atoms with E-state index >= 15 is 0 Å². The predicted molar refractivity (Wildman–Crippen MR) is 61.5 cm³/mol. The summed E-state index contributed by atoms with van der Waals surface area (Å²) in [4.78, 5) is 11.7. The molecule has 0 aliphatic carbocycles. The molecule has 0 saturated carbocycles. The maximum absolute atomic E-state index is 11.7. The molecule has 0 aromatic heterocycles. The van der Waals surface area contributed by atoms with Gasteiger partial charge in [-0.2, -0.15) is 0 Å². The molecule has 3 N–H and O–H groups in total. The molecular formula is C12H15NO3. The van der Waals surface area contributed by atoms with Crippen LogP contribution in [0.5, 0.6) is 11.5 Å². The Morgan fingerprint density at radius 2 is 2.25 bits per heavy atom. The third-order valence-corrected chi connectivity index (χ3v) is 2.16. The van der Waals surface area contributed by atoms with Gasteiger partial charge in [0.15, 0.2) is 11.5 Å². The fourth-order valence-electron chi connectivity index (χ4n) is 1.33. The quantitative estimate of drug-likeness (QED) is 0.536. The minimum Gasteiger partial charge on any atom is -0.504 e. The molecule has 0 fully saturated rings. The molecular weight excluding hydrogens is 206 g/mol. The molecule has 0 radical (unpaired) electrons. The van der Waals surface area contributed by atoms with E-state index in [0.717, 1.165) is 0 Å². The van der Waals surface area contributed by atoms with Crippen LogP contribution in [0.1, 0.15) is 23.7 Å². The summed E-state index contributed by atoms with van der Waals surface area (Å²) < 4.78 is 0. The van der Waals surface area contributed by atoms with E-state index in [1.165, 1.54) is 18.2 Å². The summed E-state index contributed by atoms with van der Waals surface area (Å²) in [7, 11) is 0. The smallest absolute Gasteiger partial charge is 0.255 e. The third kappa shape index (κ3) is 2.76. The lowest BCUT2D eigenvalue weighted by molar-refractivity contribution is 0.0937. The summed E-state index contributed by atoms with van der Waals surface area (Å²) in [5.74, 6) is -1.11. The van der Waals surface area contributed by atoms with Crippen LogP contribution in [0.3, 0.4) is 0 Å². The number of amides is 1. The van der Waals surface area contributed by atoms with Gasteiger partial charge >= 0.3 is 0 Å². The van der Waals surface area contributed by atoms with Crippen molar-refractivity contribution in [1.82, 2.24) is 5.32 Å². The summed E-state index contributed by atoms with van der Waals surface area (Å²) in [6, 6.07) is 4.21. The fraction of sp³-hybridized carbons (Fsp3) is 0.250. The first-order chi connectivity index (χ1) is 7.56. The molecule has 1 rings (SSSR count). The van der Waals surface area contributed by atoms with Gasteiger partial charge in [-0.05, 0) is 25.5 Å². The van der Waals surface area contributed by atoms with Crippen LogP contribution in [0, 0.1) is 0 Å². The maximum atomic E-state index is 11.7. The Balaban J connectivity index is 2.81. The number of benzene rings is 1. The number of hydrogen-bond donors (Lipinski definition) is 3. The molecule has 0 aliphatic heterocycles. The SMILES string of the molecule is C=CCC(C)NC(=O)c1cccc(O)c1O. The Morgan fingerprint density at radius 3 is 2.88 bits per heavy atom. The first-order valence-electron chi connectivity index (χ1n) is 4.99. The predicted octanol–water partition coefficient (Wildman–Crippen LogP) is 1.79. The van der Waals surface area contributed by atoms with Gasteiger partial charge in [-0.15, -0.1) is 6.58 Å². The zero-order chi connectivity index (χ0) is 12.1. The molecule has 0 heterocycles. The van der Waals surface area contributed by atoms with Crippen LogP contribution in [0.25, 0.3) is 0 Å². The van der Waals surface area contributed by atoms with Crippen molar-refractivity contribution in [3.63, 3.8) is 0 Å². The molecule has 4 nitrogen and oxygen atoms in total. The lowest BCUT2D eigenvalue weighted by Gasteiger charge is -2.12. The summed E-state index contributed by atoms with van der Waals surface area (Å²) in [6.45, 7) is 5.40. The first kappa shape index (κ1) is 12.1. The van der Waals surface area contributed by atoms with Crippen molar-refractivity contribution in [1.29, 1.82) is 0 Å². The number of hydrogen-bond acceptors (Lipinski definition) is 3. The van der Waals surface area contributed by atoms with Crippen molar-refractivity contribution in [3.05, 3.63) is 36.4 Å². The second-order valence-corrected chi connectivity index (χ2v) is 3.57. The Hall–Kier alpha value is -1.97. The molecule has 4 heteroatoms. The number of carbonyl (C=O) groups excluding carboxylic acids is 1. The highest BCUT2D eigenvalue weighted by Crippen LogP contribution is 2.27. The number of nitrogens with one attached hydrogen (secondary N) is 1. The van der Waals surface area contributed by atoms with Crippen LogP contribution in [0.2, 0.25) is 0 Å². The molecule has 1 aromatic rings. The van der Waals surface area contributed by atoms with Crippen molar-refractivity contribution in [2.75, 3.05) is 0 Å². The molecule has 0 spiro atoms. The standard InChI is InChI=1S/C12H15NO3/c1-3-5-8(2)13-12(16)9-6-4-7-10(14)11(9)15/h3-4,6-8,14-15H,1,5H2,2H3,(H,13,16). The summed E-state index contributed by atoms with van der Waals surface area (Å²) in [5.41, 5.74) is 0.0657. The Morgan fingerprint density at radius 1 is 1.56 bits per heavy atom. The summed E-state index contributed by atoms with van der Waals surface area (Å²) in [6.07, 6.45) is 2.35. The third-order valence-electron chi connectivity index (χ3n) is 2.16. The van der Waals surface area contributed by atoms with Crippen molar-refractivity contribution in [2.45, 2.75) is 19.4 Å². The van der Waals surface area contributed by atoms with Gasteiger partial charge in [0.25, 0.3) is 5.91 Å². The highest BCUT2D eigenvalue weighted by molar-refractivity contribution is 5.97. The Labute approximate surface area is 94.2 Å². The topological polar surface area (TPSA) is 69.6 Å². The summed E-state index contributed by atoms with van der Waals surface area (Å²) >= 11 is 0. The molecule has 1 amide bonds. The average molecular weight is 221 g/mol. The minimum atomic E-state index is -0.414. The molecule has 16 heavy (non-hydrogen) atoms. The molecule has 1 atom stereocenters. The molecule has 0 bridgehead atoms. The van der Waals surface area contributed by atoms with Gasteiger partial charge in [-0.3, -0.25) is 4.79 Å². The maximum Gasteiger partial charge on any atom is 0.255 e. The van der Waals surface area contributed by atoms with Gasteiger partial charge in [-0.25, -0.2) is 0 Å². The number of rotatable bonds is 4. The Bertz CT molecular complexity index is 401. The van der Waals surface area contributed by atoms with E-state index in [9.17, 15) is 15.0 Å². The van der Waals surface area contributed by atoms with Crippen LogP contribution in [-0.2, 0) is 0 Å². The second-order valence-electron chi connectivity index (χ2n) is 3.57. The van der Waals surface area contributed by atoms with Gasteiger partial charge in [0.05, 0.1) is 5.56 Å². The van der Waals surface area contributed by atoms with Gasteiger partial charge < -0.3 is 15.5 Å². The second kappa shape index (κ2) is 5.21. The number of aromatic hydroxyl groups is 2. The largest absolute Gasteiger partial charge is 0.504 e. The van der Waals surface area contributed by atoms with Crippen LogP contribution < -0.4 is 5.32 Å². The molecule has 0 aliphatic rings. The van der Waals surface area contributed by atoms with E-state index in [1.54, 1.807) is 6.08 Å². The average Bonchev–Trinajstić information content (AvgIpc) is 2.22. The monoisotopic (exact) mass is 221 g/mol. The van der Waals surface area contributed by atoms with E-state index < -0.39 is 11.7 Å². The van der Waals surface area contributed by atoms with Crippen molar-refractivity contribution in [2.24, 2.45) is 0 Å². The highest BCUT2D eigenvalue weighted by atomic mass is 16.3. The van der Waals surface area contributed by atoms with E-state index in [4.69, 9.17) is 0 Å². The molecule has 1 unspecified atom stereocenters. The van der Waals surface area contributed by atoms with Crippen LogP contribution in [-0.4, -0.2) is 22.2 Å². The van der Waals surface area contributed by atoms with Crippen molar-refractivity contribution >= 4 is 5.91 Å². The molecule has 0 saturated heterocycles. The number of phenols is 2. The van der Waals surface area contributed by atoms with Crippen LogP contribution in [0.4, 0.5) is 0 Å². The summed E-state index contributed by atoms with van der Waals surface area (Å²) in [5, 5.41) is 21.4. The van der Waals surface area contributed by atoms with E-state index in [1.807, 2.05) is 6.92 Å². The van der Waals surface area contributed by atoms with E-state index in [-0.39, 0.29) is 17.4 Å².